The lowest BCUT2D eigenvalue weighted by Crippen LogP contribution is -2.24. The van der Waals surface area contributed by atoms with E-state index in [2.05, 4.69) is 30.7 Å². The van der Waals surface area contributed by atoms with Gasteiger partial charge in [-0.25, -0.2) is 15.3 Å². The molecule has 0 aliphatic heterocycles. The van der Waals surface area contributed by atoms with Crippen molar-refractivity contribution in [1.29, 1.82) is 0 Å². The van der Waals surface area contributed by atoms with Crippen molar-refractivity contribution in [2.45, 2.75) is 26.4 Å². The van der Waals surface area contributed by atoms with Gasteiger partial charge in [0.1, 0.15) is 5.82 Å². The standard InChI is InChI=1S/C13H15ClN6O3/c1-13(2,3)23-20-12-18-10(14)17-11(19-12)16-8-6-7(9(21)22)4-5-15-8/h4-6H,1-3H3,(H,21,22)(H2,15,16,17,18,19,20). The van der Waals surface area contributed by atoms with Gasteiger partial charge in [0.05, 0.1) is 11.2 Å². The van der Waals surface area contributed by atoms with Crippen molar-refractivity contribution in [2.75, 3.05) is 10.8 Å². The Hall–Kier alpha value is -2.52. The van der Waals surface area contributed by atoms with Crippen LogP contribution in [-0.2, 0) is 4.84 Å². The van der Waals surface area contributed by atoms with Crippen LogP contribution in [0.5, 0.6) is 0 Å². The Kier molecular flexibility index (Phi) is 4.92. The minimum Gasteiger partial charge on any atom is -0.478 e. The first-order valence-corrected chi connectivity index (χ1v) is 6.93. The molecule has 9 nitrogen and oxygen atoms in total. The average Bonchev–Trinajstić information content (AvgIpc) is 2.44. The molecule has 0 saturated heterocycles. The Morgan fingerprint density at radius 3 is 2.61 bits per heavy atom. The summed E-state index contributed by atoms with van der Waals surface area (Å²) in [7, 11) is 0. The summed E-state index contributed by atoms with van der Waals surface area (Å²) in [4.78, 5) is 32.1. The second-order valence-corrected chi connectivity index (χ2v) is 5.77. The summed E-state index contributed by atoms with van der Waals surface area (Å²) in [6.07, 6.45) is 1.36. The fraction of sp³-hybridized carbons (Fsp3) is 0.308. The van der Waals surface area contributed by atoms with E-state index in [0.717, 1.165) is 0 Å². The molecule has 0 atom stereocenters. The SMILES string of the molecule is CC(C)(C)ONc1nc(Cl)nc(Nc2cc(C(=O)O)ccn2)n1. The van der Waals surface area contributed by atoms with Crippen molar-refractivity contribution in [1.82, 2.24) is 19.9 Å². The third-order valence-electron chi connectivity index (χ3n) is 2.30. The number of nitrogens with zero attached hydrogens (tertiary/aromatic N) is 4. The zero-order valence-electron chi connectivity index (χ0n) is 12.7. The molecule has 0 aliphatic rings. The number of carboxylic acid groups (broad SMARTS) is 1. The van der Waals surface area contributed by atoms with Gasteiger partial charge in [0.2, 0.25) is 11.2 Å². The van der Waals surface area contributed by atoms with Gasteiger partial charge in [0.25, 0.3) is 5.95 Å². The van der Waals surface area contributed by atoms with E-state index in [0.29, 0.717) is 0 Å². The van der Waals surface area contributed by atoms with Crippen LogP contribution in [0.15, 0.2) is 18.3 Å². The Balaban J connectivity index is 2.18. The molecule has 10 heteroatoms. The van der Waals surface area contributed by atoms with Crippen molar-refractivity contribution in [3.63, 3.8) is 0 Å². The number of carbonyl (C=O) groups is 1. The van der Waals surface area contributed by atoms with Gasteiger partial charge in [0, 0.05) is 6.20 Å². The quantitative estimate of drug-likeness (QED) is 0.705. The highest BCUT2D eigenvalue weighted by Crippen LogP contribution is 2.16. The summed E-state index contributed by atoms with van der Waals surface area (Å²) in [6.45, 7) is 5.55. The van der Waals surface area contributed by atoms with E-state index in [1.807, 2.05) is 20.8 Å². The van der Waals surface area contributed by atoms with Crippen LogP contribution in [0, 0.1) is 0 Å². The summed E-state index contributed by atoms with van der Waals surface area (Å²) in [5.74, 6) is -0.600. The number of anilines is 3. The predicted molar refractivity (Wildman–Crippen MR) is 83.8 cm³/mol. The van der Waals surface area contributed by atoms with E-state index in [1.54, 1.807) is 0 Å². The van der Waals surface area contributed by atoms with Crippen LogP contribution < -0.4 is 10.8 Å². The van der Waals surface area contributed by atoms with Crippen molar-refractivity contribution >= 4 is 35.3 Å². The Bertz CT molecular complexity index is 719. The van der Waals surface area contributed by atoms with Crippen molar-refractivity contribution in [3.8, 4) is 0 Å². The molecule has 0 fully saturated rings. The fourth-order valence-electron chi connectivity index (χ4n) is 1.40. The van der Waals surface area contributed by atoms with Crippen molar-refractivity contribution < 1.29 is 14.7 Å². The van der Waals surface area contributed by atoms with E-state index >= 15 is 0 Å². The smallest absolute Gasteiger partial charge is 0.335 e. The number of aromatic carboxylic acids is 1. The largest absolute Gasteiger partial charge is 0.478 e. The highest BCUT2D eigenvalue weighted by atomic mass is 35.5. The van der Waals surface area contributed by atoms with Crippen molar-refractivity contribution in [2.24, 2.45) is 0 Å². The van der Waals surface area contributed by atoms with Gasteiger partial charge < -0.3 is 10.4 Å². The maximum Gasteiger partial charge on any atom is 0.335 e. The molecule has 2 aromatic rings. The molecule has 0 spiro atoms. The summed E-state index contributed by atoms with van der Waals surface area (Å²) < 4.78 is 0. The molecular formula is C13H15ClN6O3. The molecule has 2 rings (SSSR count). The highest BCUT2D eigenvalue weighted by Gasteiger charge is 2.13. The van der Waals surface area contributed by atoms with Gasteiger partial charge in [-0.05, 0) is 44.5 Å². The number of halogens is 1. The van der Waals surface area contributed by atoms with Crippen LogP contribution in [0.2, 0.25) is 5.28 Å². The number of rotatable bonds is 5. The van der Waals surface area contributed by atoms with E-state index in [-0.39, 0.29) is 28.6 Å². The van der Waals surface area contributed by atoms with Gasteiger partial charge >= 0.3 is 5.97 Å². The van der Waals surface area contributed by atoms with Crippen LogP contribution >= 0.6 is 11.6 Å². The fourth-order valence-corrected chi connectivity index (χ4v) is 1.56. The predicted octanol–water partition coefficient (Wildman–Crippen LogP) is 2.50. The summed E-state index contributed by atoms with van der Waals surface area (Å²) in [5, 5.41) is 11.7. The van der Waals surface area contributed by atoms with E-state index in [1.165, 1.54) is 18.3 Å². The van der Waals surface area contributed by atoms with Gasteiger partial charge in [-0.1, -0.05) is 0 Å². The number of carboxylic acids is 1. The minimum atomic E-state index is -1.06. The Morgan fingerprint density at radius 1 is 1.26 bits per heavy atom. The first-order chi connectivity index (χ1) is 10.7. The lowest BCUT2D eigenvalue weighted by Gasteiger charge is -2.19. The summed E-state index contributed by atoms with van der Waals surface area (Å²) in [5.41, 5.74) is 2.21. The van der Waals surface area contributed by atoms with Crippen molar-refractivity contribution in [3.05, 3.63) is 29.2 Å². The summed E-state index contributed by atoms with van der Waals surface area (Å²) >= 11 is 5.84. The number of hydrogen-bond donors (Lipinski definition) is 3. The van der Waals surface area contributed by atoms with Gasteiger partial charge in [-0.3, -0.25) is 4.84 Å². The molecule has 0 unspecified atom stereocenters. The normalized spacial score (nSPS) is 11.1. The van der Waals surface area contributed by atoms with E-state index < -0.39 is 11.6 Å². The molecule has 2 aromatic heterocycles. The zero-order valence-corrected chi connectivity index (χ0v) is 13.4. The van der Waals surface area contributed by atoms with Gasteiger partial charge in [-0.15, -0.1) is 0 Å². The number of pyridine rings is 1. The molecule has 23 heavy (non-hydrogen) atoms. The molecule has 122 valence electrons. The van der Waals surface area contributed by atoms with Crippen LogP contribution in [0.1, 0.15) is 31.1 Å². The molecule has 0 aromatic carbocycles. The number of nitrogens with one attached hydrogen (secondary N) is 2. The van der Waals surface area contributed by atoms with E-state index in [9.17, 15) is 4.79 Å². The molecule has 0 bridgehead atoms. The first kappa shape index (κ1) is 16.8. The molecule has 3 N–H and O–H groups in total. The highest BCUT2D eigenvalue weighted by molar-refractivity contribution is 6.28. The maximum atomic E-state index is 10.9. The van der Waals surface area contributed by atoms with Gasteiger partial charge in [-0.2, -0.15) is 15.0 Å². The molecular weight excluding hydrogens is 324 g/mol. The third-order valence-corrected chi connectivity index (χ3v) is 2.47. The lowest BCUT2D eigenvalue weighted by atomic mass is 10.2. The zero-order chi connectivity index (χ0) is 17.0. The van der Waals surface area contributed by atoms with E-state index in [4.69, 9.17) is 21.5 Å². The topological polar surface area (TPSA) is 122 Å². The molecule has 0 amide bonds. The maximum absolute atomic E-state index is 10.9. The molecule has 0 saturated carbocycles. The Morgan fingerprint density at radius 2 is 1.96 bits per heavy atom. The molecule has 0 aliphatic carbocycles. The molecule has 0 radical (unpaired) electrons. The summed E-state index contributed by atoms with van der Waals surface area (Å²) in [6, 6.07) is 2.72. The van der Waals surface area contributed by atoms with Crippen LogP contribution in [0.4, 0.5) is 17.7 Å². The molecule has 2 heterocycles. The Labute approximate surface area is 137 Å². The second kappa shape index (κ2) is 6.71. The van der Waals surface area contributed by atoms with Gasteiger partial charge in [0.15, 0.2) is 0 Å². The average molecular weight is 339 g/mol. The van der Waals surface area contributed by atoms with Crippen LogP contribution in [0.25, 0.3) is 0 Å². The number of aromatic nitrogens is 4. The minimum absolute atomic E-state index is 0.0584. The van der Waals surface area contributed by atoms with Crippen LogP contribution in [0.3, 0.4) is 0 Å². The third kappa shape index (κ3) is 5.31. The van der Waals surface area contributed by atoms with Crippen LogP contribution in [-0.4, -0.2) is 36.6 Å². The number of hydrogen-bond acceptors (Lipinski definition) is 8. The second-order valence-electron chi connectivity index (χ2n) is 5.43. The monoisotopic (exact) mass is 338 g/mol. The first-order valence-electron chi connectivity index (χ1n) is 6.55. The lowest BCUT2D eigenvalue weighted by molar-refractivity contribution is 0.0358.